The number of nitrogens with one attached hydrogen (secondary N) is 2. The van der Waals surface area contributed by atoms with Crippen LogP contribution < -0.4 is 10.6 Å². The summed E-state index contributed by atoms with van der Waals surface area (Å²) in [4.78, 5) is 25.7. The Balaban J connectivity index is 1.51. The van der Waals surface area contributed by atoms with Crippen LogP contribution in [-0.4, -0.2) is 34.6 Å². The number of hydrogen-bond acceptors (Lipinski definition) is 5. The van der Waals surface area contributed by atoms with Crippen LogP contribution in [0.1, 0.15) is 56.4 Å². The van der Waals surface area contributed by atoms with Gasteiger partial charge in [0.2, 0.25) is 5.78 Å². The van der Waals surface area contributed by atoms with Crippen molar-refractivity contribution in [2.75, 3.05) is 18.4 Å². The number of carbonyl (C=O) groups excluding carboxylic acids is 2. The van der Waals surface area contributed by atoms with Crippen LogP contribution in [0.15, 0.2) is 72.8 Å². The average Bonchev–Trinajstić information content (AvgIpc) is 3.31. The molecule has 7 nitrogen and oxygen atoms in total. The summed E-state index contributed by atoms with van der Waals surface area (Å²) in [7, 11) is 0. The monoisotopic (exact) mass is 525 g/mol. The summed E-state index contributed by atoms with van der Waals surface area (Å²) < 4.78 is 1.55. The third-order valence-corrected chi connectivity index (χ3v) is 6.41. The minimum Gasteiger partial charge on any atom is -0.369 e. The van der Waals surface area contributed by atoms with Gasteiger partial charge in [-0.2, -0.15) is 10.4 Å². The zero-order chi connectivity index (χ0) is 27.1. The van der Waals surface area contributed by atoms with E-state index >= 15 is 0 Å². The standard InChI is InChI=1S/C30H28ClN5O2/c1-3-21-7-11-23(12-8-21)30(38)34-18-4-17-33-29-26(19-32)27(28(37)22-9-5-20(2)6-10-22)35-36(29)25-15-13-24(31)14-16-25/h5-16,33H,3-4,17-18H2,1-2H3,(H,34,38). The number of ketones is 1. The first-order valence-corrected chi connectivity index (χ1v) is 12.8. The molecular weight excluding hydrogens is 498 g/mol. The molecule has 8 heteroatoms. The maximum atomic E-state index is 13.3. The van der Waals surface area contributed by atoms with Crippen LogP contribution in [0, 0.1) is 18.3 Å². The van der Waals surface area contributed by atoms with E-state index in [0.717, 1.165) is 12.0 Å². The number of rotatable bonds is 10. The highest BCUT2D eigenvalue weighted by molar-refractivity contribution is 6.30. The zero-order valence-corrected chi connectivity index (χ0v) is 22.0. The number of halogens is 1. The SMILES string of the molecule is CCc1ccc(C(=O)NCCCNc2c(C#N)c(C(=O)c3ccc(C)cc3)nn2-c2ccc(Cl)cc2)cc1. The summed E-state index contributed by atoms with van der Waals surface area (Å²) in [5, 5.41) is 21.3. The lowest BCUT2D eigenvalue weighted by Crippen LogP contribution is -2.26. The van der Waals surface area contributed by atoms with E-state index in [2.05, 4.69) is 28.7 Å². The van der Waals surface area contributed by atoms with Crippen molar-refractivity contribution >= 4 is 29.1 Å². The van der Waals surface area contributed by atoms with E-state index in [1.54, 1.807) is 41.1 Å². The van der Waals surface area contributed by atoms with E-state index in [0.29, 0.717) is 47.2 Å². The normalized spacial score (nSPS) is 10.6. The van der Waals surface area contributed by atoms with Crippen LogP contribution in [-0.2, 0) is 6.42 Å². The second kappa shape index (κ2) is 12.2. The molecule has 2 N–H and O–H groups in total. The van der Waals surface area contributed by atoms with Crippen LogP contribution in [0.4, 0.5) is 5.82 Å². The molecule has 4 rings (SSSR count). The van der Waals surface area contributed by atoms with E-state index in [-0.39, 0.29) is 22.9 Å². The van der Waals surface area contributed by atoms with Gasteiger partial charge in [0.25, 0.3) is 5.91 Å². The van der Waals surface area contributed by atoms with Crippen LogP contribution in [0.25, 0.3) is 5.69 Å². The topological polar surface area (TPSA) is 99.8 Å². The predicted octanol–water partition coefficient (Wildman–Crippen LogP) is 5.73. The van der Waals surface area contributed by atoms with Gasteiger partial charge >= 0.3 is 0 Å². The first-order chi connectivity index (χ1) is 18.4. The van der Waals surface area contributed by atoms with E-state index < -0.39 is 0 Å². The average molecular weight is 526 g/mol. The molecule has 0 radical (unpaired) electrons. The van der Waals surface area contributed by atoms with Crippen LogP contribution in [0.2, 0.25) is 5.02 Å². The van der Waals surface area contributed by atoms with Crippen molar-refractivity contribution in [1.29, 1.82) is 5.26 Å². The van der Waals surface area contributed by atoms with Crippen LogP contribution >= 0.6 is 11.6 Å². The molecular formula is C30H28ClN5O2. The minimum atomic E-state index is -0.335. The molecule has 0 bridgehead atoms. The number of amides is 1. The molecule has 0 unspecified atom stereocenters. The number of anilines is 1. The molecule has 38 heavy (non-hydrogen) atoms. The first-order valence-electron chi connectivity index (χ1n) is 12.4. The molecule has 0 aliphatic carbocycles. The van der Waals surface area contributed by atoms with Gasteiger partial charge in [0.05, 0.1) is 5.69 Å². The highest BCUT2D eigenvalue weighted by Gasteiger charge is 2.25. The van der Waals surface area contributed by atoms with E-state index in [1.165, 1.54) is 5.56 Å². The molecule has 3 aromatic carbocycles. The lowest BCUT2D eigenvalue weighted by atomic mass is 10.0. The largest absolute Gasteiger partial charge is 0.369 e. The molecule has 4 aromatic rings. The molecule has 0 atom stereocenters. The Morgan fingerprint density at radius 3 is 2.24 bits per heavy atom. The molecule has 1 heterocycles. The quantitative estimate of drug-likeness (QED) is 0.203. The van der Waals surface area contributed by atoms with Crippen molar-refractivity contribution in [1.82, 2.24) is 15.1 Å². The summed E-state index contributed by atoms with van der Waals surface area (Å²) in [5.41, 5.74) is 4.15. The lowest BCUT2D eigenvalue weighted by Gasteiger charge is -2.11. The molecule has 1 amide bonds. The fraction of sp³-hybridized carbons (Fsp3) is 0.200. The highest BCUT2D eigenvalue weighted by Crippen LogP contribution is 2.26. The van der Waals surface area contributed by atoms with Crippen molar-refractivity contribution in [3.8, 4) is 11.8 Å². The van der Waals surface area contributed by atoms with Gasteiger partial charge in [-0.3, -0.25) is 9.59 Å². The van der Waals surface area contributed by atoms with Gasteiger partial charge in [0.1, 0.15) is 17.5 Å². The highest BCUT2D eigenvalue weighted by atomic mass is 35.5. The Hall–Kier alpha value is -4.41. The Morgan fingerprint density at radius 1 is 0.947 bits per heavy atom. The number of aromatic nitrogens is 2. The van der Waals surface area contributed by atoms with Gasteiger partial charge in [0.15, 0.2) is 5.69 Å². The minimum absolute atomic E-state index is 0.0673. The molecule has 1 aromatic heterocycles. The summed E-state index contributed by atoms with van der Waals surface area (Å²) in [6.07, 6.45) is 1.51. The summed E-state index contributed by atoms with van der Waals surface area (Å²) >= 11 is 6.06. The Morgan fingerprint density at radius 2 is 1.61 bits per heavy atom. The fourth-order valence-electron chi connectivity index (χ4n) is 3.95. The van der Waals surface area contributed by atoms with Crippen molar-refractivity contribution in [2.45, 2.75) is 26.7 Å². The maximum absolute atomic E-state index is 13.3. The summed E-state index contributed by atoms with van der Waals surface area (Å²) in [5.74, 6) is -0.0620. The van der Waals surface area contributed by atoms with Gasteiger partial charge < -0.3 is 10.6 Å². The molecule has 0 saturated heterocycles. The summed E-state index contributed by atoms with van der Waals surface area (Å²) in [6, 6.07) is 23.8. The van der Waals surface area contributed by atoms with E-state index in [1.807, 2.05) is 43.3 Å². The smallest absolute Gasteiger partial charge is 0.251 e. The number of nitriles is 1. The lowest BCUT2D eigenvalue weighted by molar-refractivity contribution is 0.0952. The Kier molecular flexibility index (Phi) is 8.57. The Labute approximate surface area is 227 Å². The van der Waals surface area contributed by atoms with Gasteiger partial charge in [0, 0.05) is 29.2 Å². The van der Waals surface area contributed by atoms with Crippen LogP contribution in [0.3, 0.4) is 0 Å². The zero-order valence-electron chi connectivity index (χ0n) is 21.3. The van der Waals surface area contributed by atoms with Gasteiger partial charge in [-0.15, -0.1) is 0 Å². The predicted molar refractivity (Wildman–Crippen MR) is 149 cm³/mol. The van der Waals surface area contributed by atoms with E-state index in [9.17, 15) is 14.9 Å². The Bertz CT molecular complexity index is 1470. The number of hydrogen-bond donors (Lipinski definition) is 2. The molecule has 0 saturated carbocycles. The number of nitrogens with zero attached hydrogens (tertiary/aromatic N) is 3. The number of benzene rings is 3. The molecule has 192 valence electrons. The second-order valence-electron chi connectivity index (χ2n) is 8.85. The third kappa shape index (κ3) is 6.10. The second-order valence-corrected chi connectivity index (χ2v) is 9.29. The van der Waals surface area contributed by atoms with Crippen molar-refractivity contribution in [3.63, 3.8) is 0 Å². The number of aryl methyl sites for hydroxylation is 2. The molecule has 0 fully saturated rings. The van der Waals surface area contributed by atoms with Crippen molar-refractivity contribution in [3.05, 3.63) is 111 Å². The fourth-order valence-corrected chi connectivity index (χ4v) is 4.07. The van der Waals surface area contributed by atoms with Gasteiger partial charge in [-0.25, -0.2) is 4.68 Å². The van der Waals surface area contributed by atoms with Crippen molar-refractivity contribution < 1.29 is 9.59 Å². The molecule has 0 spiro atoms. The molecule has 0 aliphatic heterocycles. The third-order valence-electron chi connectivity index (χ3n) is 6.15. The van der Waals surface area contributed by atoms with E-state index in [4.69, 9.17) is 11.6 Å². The van der Waals surface area contributed by atoms with Crippen molar-refractivity contribution in [2.24, 2.45) is 0 Å². The summed E-state index contributed by atoms with van der Waals surface area (Å²) in [6.45, 7) is 4.89. The number of carbonyl (C=O) groups is 2. The van der Waals surface area contributed by atoms with Gasteiger partial charge in [-0.05, 0) is 61.7 Å². The first kappa shape index (κ1) is 26.6. The maximum Gasteiger partial charge on any atom is 0.251 e. The molecule has 0 aliphatic rings. The van der Waals surface area contributed by atoms with Gasteiger partial charge in [-0.1, -0.05) is 60.5 Å². The van der Waals surface area contributed by atoms with Crippen LogP contribution in [0.5, 0.6) is 0 Å².